The lowest BCUT2D eigenvalue weighted by Crippen LogP contribution is -1.76. The van der Waals surface area contributed by atoms with Crippen molar-refractivity contribution in [2.75, 3.05) is 6.16 Å². The first-order chi connectivity index (χ1) is 5.95. The van der Waals surface area contributed by atoms with Crippen molar-refractivity contribution in [3.05, 3.63) is 35.9 Å². The summed E-state index contributed by atoms with van der Waals surface area (Å²) in [6.07, 6.45) is -0.0625. The average Bonchev–Trinajstić information content (AvgIpc) is 2.06. The summed E-state index contributed by atoms with van der Waals surface area (Å²) in [6.45, 7) is 3.53. The minimum absolute atomic E-state index is 0.0625. The highest BCUT2D eigenvalue weighted by Crippen LogP contribution is 2.32. The summed E-state index contributed by atoms with van der Waals surface area (Å²) in [4.78, 5) is 15.9. The predicted molar refractivity (Wildman–Crippen MR) is 53.8 cm³/mol. The zero-order valence-corrected chi connectivity index (χ0v) is 8.74. The Morgan fingerprint density at radius 1 is 1.23 bits per heavy atom. The van der Waals surface area contributed by atoms with Crippen LogP contribution < -0.4 is 0 Å². The molecule has 1 rings (SSSR count). The largest absolute Gasteiger partial charge is 0.325 e. The second-order valence-corrected chi connectivity index (χ2v) is 4.60. The van der Waals surface area contributed by atoms with Crippen molar-refractivity contribution in [3.63, 3.8) is 0 Å². The van der Waals surface area contributed by atoms with Gasteiger partial charge in [-0.1, -0.05) is 42.8 Å². The molecule has 2 N–H and O–H groups in total. The Balaban J connectivity index is 0.000000226. The van der Waals surface area contributed by atoms with E-state index in [9.17, 15) is 4.57 Å². The molecule has 1 aromatic rings. The van der Waals surface area contributed by atoms with Crippen molar-refractivity contribution < 1.29 is 14.4 Å². The maximum absolute atomic E-state index is 9.69. The fourth-order valence-corrected chi connectivity index (χ4v) is 0.534. The number of aryl methyl sites for hydroxylation is 1. The van der Waals surface area contributed by atoms with Gasteiger partial charge in [-0.25, -0.2) is 0 Å². The zero-order chi connectivity index (χ0) is 10.3. The normalized spacial score (nSPS) is 10.2. The number of hydrogen-bond acceptors (Lipinski definition) is 1. The summed E-state index contributed by atoms with van der Waals surface area (Å²) in [7, 11) is -3.65. The molecule has 0 aliphatic rings. The van der Waals surface area contributed by atoms with E-state index in [2.05, 4.69) is 19.1 Å². The predicted octanol–water partition coefficient (Wildman–Crippen LogP) is 2.18. The van der Waals surface area contributed by atoms with Crippen LogP contribution >= 0.6 is 7.60 Å². The summed E-state index contributed by atoms with van der Waals surface area (Å²) < 4.78 is 9.69. The van der Waals surface area contributed by atoms with Crippen LogP contribution in [0.5, 0.6) is 0 Å². The third kappa shape index (κ3) is 9.28. The smallest absolute Gasteiger partial charge is 0.324 e. The van der Waals surface area contributed by atoms with Gasteiger partial charge in [-0.3, -0.25) is 4.57 Å². The zero-order valence-electron chi connectivity index (χ0n) is 7.84. The van der Waals surface area contributed by atoms with Crippen LogP contribution in [-0.4, -0.2) is 15.9 Å². The number of benzene rings is 1. The molecular formula is C9H15O3P. The highest BCUT2D eigenvalue weighted by molar-refractivity contribution is 7.51. The van der Waals surface area contributed by atoms with Crippen molar-refractivity contribution >= 4 is 7.60 Å². The molecule has 3 nitrogen and oxygen atoms in total. The van der Waals surface area contributed by atoms with Crippen LogP contribution in [-0.2, 0) is 4.57 Å². The van der Waals surface area contributed by atoms with Crippen LogP contribution in [0.25, 0.3) is 0 Å². The third-order valence-corrected chi connectivity index (χ3v) is 2.18. The summed E-state index contributed by atoms with van der Waals surface area (Å²) >= 11 is 0. The fraction of sp³-hybridized carbons (Fsp3) is 0.333. The van der Waals surface area contributed by atoms with Gasteiger partial charge in [0, 0.05) is 6.16 Å². The molecule has 13 heavy (non-hydrogen) atoms. The van der Waals surface area contributed by atoms with E-state index in [4.69, 9.17) is 9.79 Å². The number of hydrogen-bond donors (Lipinski definition) is 2. The molecule has 0 radical (unpaired) electrons. The molecule has 0 aromatic heterocycles. The first kappa shape index (κ1) is 12.4. The van der Waals surface area contributed by atoms with Gasteiger partial charge < -0.3 is 9.79 Å². The highest BCUT2D eigenvalue weighted by Gasteiger charge is 2.05. The van der Waals surface area contributed by atoms with Crippen molar-refractivity contribution in [1.82, 2.24) is 0 Å². The Bertz CT molecular complexity index is 265. The molecule has 0 heterocycles. The van der Waals surface area contributed by atoms with E-state index >= 15 is 0 Å². The lowest BCUT2D eigenvalue weighted by atomic mass is 10.2. The molecular weight excluding hydrogens is 187 g/mol. The quantitative estimate of drug-likeness (QED) is 0.686. The van der Waals surface area contributed by atoms with Gasteiger partial charge in [0.25, 0.3) is 0 Å². The van der Waals surface area contributed by atoms with Crippen molar-refractivity contribution in [3.8, 4) is 0 Å². The van der Waals surface area contributed by atoms with Crippen LogP contribution in [0.1, 0.15) is 12.5 Å². The van der Waals surface area contributed by atoms with Gasteiger partial charge in [0.05, 0.1) is 0 Å². The Morgan fingerprint density at radius 3 is 1.77 bits per heavy atom. The summed E-state index contributed by atoms with van der Waals surface area (Å²) in [5.74, 6) is 0. The summed E-state index contributed by atoms with van der Waals surface area (Å²) in [5.41, 5.74) is 1.32. The van der Waals surface area contributed by atoms with E-state index in [1.54, 1.807) is 0 Å². The second-order valence-electron chi connectivity index (χ2n) is 2.64. The number of rotatable bonds is 1. The minimum Gasteiger partial charge on any atom is -0.324 e. The van der Waals surface area contributed by atoms with Gasteiger partial charge in [0.15, 0.2) is 0 Å². The van der Waals surface area contributed by atoms with E-state index in [0.717, 1.165) is 0 Å². The van der Waals surface area contributed by atoms with Crippen LogP contribution in [0, 0.1) is 6.92 Å². The molecule has 0 fully saturated rings. The molecule has 0 aliphatic carbocycles. The summed E-state index contributed by atoms with van der Waals surface area (Å²) in [6, 6.07) is 10.3. The molecule has 1 aromatic carbocycles. The van der Waals surface area contributed by atoms with Crippen LogP contribution in [0.15, 0.2) is 30.3 Å². The van der Waals surface area contributed by atoms with Crippen LogP contribution in [0.2, 0.25) is 0 Å². The van der Waals surface area contributed by atoms with E-state index in [1.165, 1.54) is 12.5 Å². The van der Waals surface area contributed by atoms with Gasteiger partial charge in [-0.2, -0.15) is 0 Å². The topological polar surface area (TPSA) is 57.5 Å². The lowest BCUT2D eigenvalue weighted by molar-refractivity contribution is 0.375. The maximum atomic E-state index is 9.69. The maximum Gasteiger partial charge on any atom is 0.325 e. The average molecular weight is 202 g/mol. The van der Waals surface area contributed by atoms with Crippen LogP contribution in [0.3, 0.4) is 0 Å². The van der Waals surface area contributed by atoms with E-state index in [-0.39, 0.29) is 6.16 Å². The molecule has 0 unspecified atom stereocenters. The Labute approximate surface area is 78.6 Å². The molecule has 0 spiro atoms. The van der Waals surface area contributed by atoms with Gasteiger partial charge >= 0.3 is 7.60 Å². The SMILES string of the molecule is CCP(=O)(O)O.Cc1ccccc1. The highest BCUT2D eigenvalue weighted by atomic mass is 31.2. The van der Waals surface area contributed by atoms with Gasteiger partial charge in [0.2, 0.25) is 0 Å². The molecule has 4 heteroatoms. The molecule has 0 bridgehead atoms. The lowest BCUT2D eigenvalue weighted by Gasteiger charge is -1.92. The molecule has 0 atom stereocenters. The van der Waals surface area contributed by atoms with Gasteiger partial charge in [-0.05, 0) is 6.92 Å². The van der Waals surface area contributed by atoms with Crippen molar-refractivity contribution in [1.29, 1.82) is 0 Å². The van der Waals surface area contributed by atoms with Gasteiger partial charge in [-0.15, -0.1) is 0 Å². The second kappa shape index (κ2) is 5.92. The van der Waals surface area contributed by atoms with Gasteiger partial charge in [0.1, 0.15) is 0 Å². The fourth-order valence-electron chi connectivity index (χ4n) is 0.534. The first-order valence-corrected chi connectivity index (χ1v) is 5.81. The molecule has 0 saturated carbocycles. The van der Waals surface area contributed by atoms with Crippen molar-refractivity contribution in [2.45, 2.75) is 13.8 Å². The Hall–Kier alpha value is -0.630. The Kier molecular flexibility index (Phi) is 5.63. The van der Waals surface area contributed by atoms with Crippen molar-refractivity contribution in [2.24, 2.45) is 0 Å². The summed E-state index contributed by atoms with van der Waals surface area (Å²) in [5, 5.41) is 0. The van der Waals surface area contributed by atoms with Crippen LogP contribution in [0.4, 0.5) is 0 Å². The van der Waals surface area contributed by atoms with E-state index in [1.807, 2.05) is 18.2 Å². The Morgan fingerprint density at radius 2 is 1.62 bits per heavy atom. The minimum atomic E-state index is -3.65. The molecule has 74 valence electrons. The first-order valence-electron chi connectivity index (χ1n) is 4.02. The third-order valence-electron chi connectivity index (χ3n) is 1.35. The molecule has 0 saturated heterocycles. The standard InChI is InChI=1S/C7H8.C2H7O3P/c1-7-5-3-2-4-6-7;1-2-6(3,4)5/h2-6H,1H3;2H2,1H3,(H2,3,4,5). The molecule has 0 aliphatic heterocycles. The van der Waals surface area contributed by atoms with E-state index < -0.39 is 7.60 Å². The monoisotopic (exact) mass is 202 g/mol. The van der Waals surface area contributed by atoms with E-state index in [0.29, 0.717) is 0 Å². The molecule has 0 amide bonds.